The Hall–Kier alpha value is 0.110. The molecule has 1 atom stereocenters. The normalized spacial score (nSPS) is 15.3. The summed E-state index contributed by atoms with van der Waals surface area (Å²) in [6, 6.07) is 0. The Kier molecular flexibility index (Phi) is 6.04. The highest BCUT2D eigenvalue weighted by atomic mass is 31.2. The third kappa shape index (κ3) is 5.12. The van der Waals surface area contributed by atoms with E-state index in [1.807, 2.05) is 0 Å². The number of aliphatic hydroxyl groups excluding tert-OH is 1. The molecule has 0 heterocycles. The monoisotopic (exact) mass is 238 g/mol. The molecule has 0 radical (unpaired) electrons. The van der Waals surface area contributed by atoms with Gasteiger partial charge in [0.25, 0.3) is 0 Å². The summed E-state index contributed by atoms with van der Waals surface area (Å²) < 4.78 is 22.8. The molecule has 0 aliphatic rings. The fourth-order valence-corrected chi connectivity index (χ4v) is 3.31. The van der Waals surface area contributed by atoms with Crippen LogP contribution in [-0.4, -0.2) is 23.2 Å². The van der Waals surface area contributed by atoms with E-state index in [9.17, 15) is 9.67 Å². The number of aliphatic hydroxyl groups is 1. The summed E-state index contributed by atoms with van der Waals surface area (Å²) in [5.41, 5.74) is 0. The van der Waals surface area contributed by atoms with E-state index in [0.29, 0.717) is 0 Å². The standard InChI is InChI=1S/C10H23O4P/c1-7(2)10(11)15(12,13-8(3)4)14-9(5)6/h7-11H,1-6H3/t10-/m0/s1. The summed E-state index contributed by atoms with van der Waals surface area (Å²) in [5.74, 6) is -1.23. The molecule has 5 heteroatoms. The lowest BCUT2D eigenvalue weighted by Crippen LogP contribution is -2.22. The van der Waals surface area contributed by atoms with Crippen LogP contribution in [0.15, 0.2) is 0 Å². The molecule has 0 rings (SSSR count). The summed E-state index contributed by atoms with van der Waals surface area (Å²) in [6.45, 7) is 10.6. The fourth-order valence-electron chi connectivity index (χ4n) is 1.10. The molecule has 0 fully saturated rings. The lowest BCUT2D eigenvalue weighted by atomic mass is 10.2. The van der Waals surface area contributed by atoms with E-state index in [1.165, 1.54) is 0 Å². The van der Waals surface area contributed by atoms with Crippen LogP contribution in [0, 0.1) is 5.92 Å². The maximum absolute atomic E-state index is 12.3. The minimum absolute atomic E-state index is 0.159. The third-order valence-corrected chi connectivity index (χ3v) is 4.31. The van der Waals surface area contributed by atoms with Gasteiger partial charge in [-0.3, -0.25) is 4.57 Å². The number of hydrogen-bond donors (Lipinski definition) is 1. The Morgan fingerprint density at radius 3 is 1.47 bits per heavy atom. The summed E-state index contributed by atoms with van der Waals surface area (Å²) >= 11 is 0. The minimum atomic E-state index is -3.42. The Balaban J connectivity index is 4.77. The van der Waals surface area contributed by atoms with Gasteiger partial charge in [-0.15, -0.1) is 0 Å². The van der Waals surface area contributed by atoms with Crippen molar-refractivity contribution < 1.29 is 18.7 Å². The third-order valence-electron chi connectivity index (χ3n) is 1.64. The molecular weight excluding hydrogens is 215 g/mol. The Labute approximate surface area is 92.5 Å². The number of hydrogen-bond acceptors (Lipinski definition) is 4. The maximum Gasteiger partial charge on any atom is 0.359 e. The van der Waals surface area contributed by atoms with E-state index >= 15 is 0 Å². The van der Waals surface area contributed by atoms with Crippen LogP contribution < -0.4 is 0 Å². The largest absolute Gasteiger partial charge is 0.380 e. The molecule has 0 saturated carbocycles. The molecule has 0 aromatic carbocycles. The smallest absolute Gasteiger partial charge is 0.359 e. The molecule has 0 aromatic rings. The van der Waals surface area contributed by atoms with Crippen molar-refractivity contribution >= 4 is 7.60 Å². The number of rotatable bonds is 6. The first-order valence-electron chi connectivity index (χ1n) is 5.33. The molecule has 1 N–H and O–H groups in total. The van der Waals surface area contributed by atoms with Gasteiger partial charge < -0.3 is 14.2 Å². The van der Waals surface area contributed by atoms with E-state index in [1.54, 1.807) is 41.5 Å². The molecule has 0 unspecified atom stereocenters. The predicted molar refractivity (Wildman–Crippen MR) is 60.9 cm³/mol. The maximum atomic E-state index is 12.3. The first-order chi connectivity index (χ1) is 6.69. The van der Waals surface area contributed by atoms with Crippen molar-refractivity contribution in [3.8, 4) is 0 Å². The van der Waals surface area contributed by atoms with Gasteiger partial charge in [0, 0.05) is 0 Å². The molecule has 0 bridgehead atoms. The second kappa shape index (κ2) is 6.00. The Bertz CT molecular complexity index is 211. The zero-order chi connectivity index (χ0) is 12.2. The van der Waals surface area contributed by atoms with Gasteiger partial charge in [-0.05, 0) is 33.6 Å². The molecule has 0 aliphatic heterocycles. The molecule has 0 amide bonds. The molecule has 0 saturated heterocycles. The van der Waals surface area contributed by atoms with Crippen LogP contribution in [0.5, 0.6) is 0 Å². The molecule has 0 aromatic heterocycles. The highest BCUT2D eigenvalue weighted by Gasteiger charge is 2.38. The second-order valence-corrected chi connectivity index (χ2v) is 6.54. The van der Waals surface area contributed by atoms with Gasteiger partial charge in [0.1, 0.15) is 0 Å². The zero-order valence-electron chi connectivity index (χ0n) is 10.4. The Morgan fingerprint density at radius 1 is 0.933 bits per heavy atom. The lowest BCUT2D eigenvalue weighted by Gasteiger charge is -2.28. The first-order valence-corrected chi connectivity index (χ1v) is 6.94. The van der Waals surface area contributed by atoms with E-state index in [-0.39, 0.29) is 18.1 Å². The van der Waals surface area contributed by atoms with Crippen LogP contribution in [-0.2, 0) is 13.6 Å². The first kappa shape index (κ1) is 15.1. The molecule has 0 spiro atoms. The van der Waals surface area contributed by atoms with Crippen LogP contribution in [0.2, 0.25) is 0 Å². The predicted octanol–water partition coefficient (Wildman–Crippen LogP) is 3.00. The molecular formula is C10H23O4P. The zero-order valence-corrected chi connectivity index (χ0v) is 11.3. The molecule has 4 nitrogen and oxygen atoms in total. The second-order valence-electron chi connectivity index (χ2n) is 4.51. The van der Waals surface area contributed by atoms with Crippen LogP contribution >= 0.6 is 7.60 Å². The van der Waals surface area contributed by atoms with Crippen LogP contribution in [0.1, 0.15) is 41.5 Å². The van der Waals surface area contributed by atoms with E-state index < -0.39 is 13.4 Å². The highest BCUT2D eigenvalue weighted by molar-refractivity contribution is 7.54. The average Bonchev–Trinajstić information content (AvgIpc) is 1.99. The van der Waals surface area contributed by atoms with Gasteiger partial charge >= 0.3 is 7.60 Å². The highest BCUT2D eigenvalue weighted by Crippen LogP contribution is 2.56. The Morgan fingerprint density at radius 2 is 1.27 bits per heavy atom. The SMILES string of the molecule is CC(C)OP(=O)(OC(C)C)[C@H](O)C(C)C. The van der Waals surface area contributed by atoms with Gasteiger partial charge in [0.05, 0.1) is 12.2 Å². The minimum Gasteiger partial charge on any atom is -0.380 e. The van der Waals surface area contributed by atoms with Gasteiger partial charge in [-0.25, -0.2) is 0 Å². The summed E-state index contributed by atoms with van der Waals surface area (Å²) in [5, 5.41) is 9.83. The van der Waals surface area contributed by atoms with Crippen molar-refractivity contribution in [1.82, 2.24) is 0 Å². The van der Waals surface area contributed by atoms with Crippen molar-refractivity contribution in [2.45, 2.75) is 59.6 Å². The van der Waals surface area contributed by atoms with E-state index in [2.05, 4.69) is 0 Å². The van der Waals surface area contributed by atoms with Gasteiger partial charge in [-0.2, -0.15) is 0 Å². The van der Waals surface area contributed by atoms with Gasteiger partial charge in [0.15, 0.2) is 5.85 Å². The topological polar surface area (TPSA) is 55.8 Å². The molecule has 92 valence electrons. The van der Waals surface area contributed by atoms with E-state index in [0.717, 1.165) is 0 Å². The quantitative estimate of drug-likeness (QED) is 0.723. The van der Waals surface area contributed by atoms with Crippen LogP contribution in [0.4, 0.5) is 0 Å². The van der Waals surface area contributed by atoms with Crippen molar-refractivity contribution in [1.29, 1.82) is 0 Å². The van der Waals surface area contributed by atoms with Crippen molar-refractivity contribution in [3.05, 3.63) is 0 Å². The van der Waals surface area contributed by atoms with Crippen LogP contribution in [0.25, 0.3) is 0 Å². The fraction of sp³-hybridized carbons (Fsp3) is 1.00. The van der Waals surface area contributed by atoms with E-state index in [4.69, 9.17) is 9.05 Å². The van der Waals surface area contributed by atoms with Gasteiger partial charge in [0.2, 0.25) is 0 Å². The van der Waals surface area contributed by atoms with Crippen molar-refractivity contribution in [2.24, 2.45) is 5.92 Å². The van der Waals surface area contributed by atoms with Crippen molar-refractivity contribution in [2.75, 3.05) is 0 Å². The van der Waals surface area contributed by atoms with Gasteiger partial charge in [-0.1, -0.05) is 13.8 Å². The summed E-state index contributed by atoms with van der Waals surface area (Å²) in [6.07, 6.45) is -0.467. The average molecular weight is 238 g/mol. The molecule has 15 heavy (non-hydrogen) atoms. The molecule has 0 aliphatic carbocycles. The summed E-state index contributed by atoms with van der Waals surface area (Å²) in [7, 11) is -3.42. The lowest BCUT2D eigenvalue weighted by molar-refractivity contribution is 0.0856. The summed E-state index contributed by atoms with van der Waals surface area (Å²) in [4.78, 5) is 0. The van der Waals surface area contributed by atoms with Crippen molar-refractivity contribution in [3.63, 3.8) is 0 Å². The van der Waals surface area contributed by atoms with Crippen LogP contribution in [0.3, 0.4) is 0 Å².